The fraction of sp³-hybridized carbons (Fsp3) is 0. The summed E-state index contributed by atoms with van der Waals surface area (Å²) in [7, 11) is 0. The van der Waals surface area contributed by atoms with Crippen LogP contribution in [0.2, 0.25) is 10.0 Å². The van der Waals surface area contributed by atoms with Gasteiger partial charge in [0.2, 0.25) is 0 Å². The lowest BCUT2D eigenvalue weighted by molar-refractivity contribution is 0.108. The van der Waals surface area contributed by atoms with Crippen molar-refractivity contribution < 1.29 is 4.79 Å². The van der Waals surface area contributed by atoms with Crippen molar-refractivity contribution in [1.29, 1.82) is 0 Å². The summed E-state index contributed by atoms with van der Waals surface area (Å²) in [4.78, 5) is 16.2. The zero-order valence-electron chi connectivity index (χ0n) is 10.6. The predicted octanol–water partition coefficient (Wildman–Crippen LogP) is 5.59. The minimum atomic E-state index is -0.519. The zero-order chi connectivity index (χ0) is 15.0. The van der Waals surface area contributed by atoms with Gasteiger partial charge >= 0.3 is 0 Å². The number of hydrogen-bond acceptors (Lipinski definition) is 2. The van der Waals surface area contributed by atoms with Gasteiger partial charge in [-0.1, -0.05) is 47.5 Å². The fourth-order valence-electron chi connectivity index (χ4n) is 2.14. The van der Waals surface area contributed by atoms with E-state index in [2.05, 4.69) is 4.98 Å². The van der Waals surface area contributed by atoms with Crippen LogP contribution in [0.25, 0.3) is 22.2 Å². The van der Waals surface area contributed by atoms with Crippen molar-refractivity contribution in [3.8, 4) is 11.3 Å². The van der Waals surface area contributed by atoms with Gasteiger partial charge in [0.15, 0.2) is 0 Å². The zero-order valence-corrected chi connectivity index (χ0v) is 12.9. The second-order valence-corrected chi connectivity index (χ2v) is 5.63. The van der Waals surface area contributed by atoms with E-state index < -0.39 is 5.24 Å². The largest absolute Gasteiger partial charge is 0.276 e. The molecule has 0 unspecified atom stereocenters. The summed E-state index contributed by atoms with van der Waals surface area (Å²) in [6, 6.07) is 14.2. The standard InChI is InChI=1S/C16H8Cl3NO/c17-12-6-5-9(7-13(12)18)15-8-11(16(19)21)10-3-1-2-4-14(10)20-15/h1-8H. The molecule has 1 aromatic heterocycles. The Hall–Kier alpha value is -1.61. The Bertz CT molecular complexity index is 861. The predicted molar refractivity (Wildman–Crippen MR) is 87.4 cm³/mol. The van der Waals surface area contributed by atoms with Gasteiger partial charge in [0.1, 0.15) is 0 Å². The molecule has 0 aliphatic rings. The van der Waals surface area contributed by atoms with Crippen LogP contribution in [0.15, 0.2) is 48.5 Å². The van der Waals surface area contributed by atoms with E-state index in [1.807, 2.05) is 24.3 Å². The van der Waals surface area contributed by atoms with Crippen LogP contribution < -0.4 is 0 Å². The van der Waals surface area contributed by atoms with E-state index in [4.69, 9.17) is 34.8 Å². The van der Waals surface area contributed by atoms with Crippen LogP contribution in [-0.4, -0.2) is 10.2 Å². The Kier molecular flexibility index (Phi) is 3.85. The number of aromatic nitrogens is 1. The molecule has 0 bridgehead atoms. The van der Waals surface area contributed by atoms with E-state index in [1.165, 1.54) is 0 Å². The number of para-hydroxylation sites is 1. The maximum atomic E-state index is 11.7. The summed E-state index contributed by atoms with van der Waals surface area (Å²) in [5, 5.41) is 1.11. The highest BCUT2D eigenvalue weighted by atomic mass is 35.5. The Morgan fingerprint density at radius 3 is 2.43 bits per heavy atom. The van der Waals surface area contributed by atoms with Gasteiger partial charge in [-0.2, -0.15) is 0 Å². The van der Waals surface area contributed by atoms with Crippen LogP contribution in [0.5, 0.6) is 0 Å². The van der Waals surface area contributed by atoms with Gasteiger partial charge in [0.25, 0.3) is 5.24 Å². The molecule has 0 spiro atoms. The molecule has 0 radical (unpaired) electrons. The van der Waals surface area contributed by atoms with Gasteiger partial charge in [-0.25, -0.2) is 4.98 Å². The molecule has 0 fully saturated rings. The van der Waals surface area contributed by atoms with Crippen molar-refractivity contribution in [2.24, 2.45) is 0 Å². The number of nitrogens with zero attached hydrogens (tertiary/aromatic N) is 1. The number of hydrogen-bond donors (Lipinski definition) is 0. The smallest absolute Gasteiger partial charge is 0.253 e. The highest BCUT2D eigenvalue weighted by Gasteiger charge is 2.12. The highest BCUT2D eigenvalue weighted by Crippen LogP contribution is 2.30. The Morgan fingerprint density at radius 1 is 0.952 bits per heavy atom. The minimum absolute atomic E-state index is 0.420. The summed E-state index contributed by atoms with van der Waals surface area (Å²) in [5.74, 6) is 0. The van der Waals surface area contributed by atoms with Crippen molar-refractivity contribution in [2.75, 3.05) is 0 Å². The van der Waals surface area contributed by atoms with Crippen LogP contribution >= 0.6 is 34.8 Å². The van der Waals surface area contributed by atoms with Crippen LogP contribution in [0.3, 0.4) is 0 Å². The van der Waals surface area contributed by atoms with E-state index in [-0.39, 0.29) is 0 Å². The number of rotatable bonds is 2. The molecule has 0 atom stereocenters. The number of carbonyl (C=O) groups is 1. The van der Waals surface area contributed by atoms with Gasteiger partial charge in [0.05, 0.1) is 21.3 Å². The average Bonchev–Trinajstić information content (AvgIpc) is 2.48. The van der Waals surface area contributed by atoms with Crippen LogP contribution in [0.4, 0.5) is 0 Å². The third kappa shape index (κ3) is 2.75. The van der Waals surface area contributed by atoms with Gasteiger partial charge in [-0.05, 0) is 35.9 Å². The first-order valence-corrected chi connectivity index (χ1v) is 7.24. The lowest BCUT2D eigenvalue weighted by atomic mass is 10.0. The summed E-state index contributed by atoms with van der Waals surface area (Å²) in [6.07, 6.45) is 0. The molecule has 0 aliphatic heterocycles. The topological polar surface area (TPSA) is 30.0 Å². The van der Waals surface area contributed by atoms with Gasteiger partial charge in [0, 0.05) is 16.5 Å². The van der Waals surface area contributed by atoms with E-state index in [1.54, 1.807) is 24.3 Å². The maximum absolute atomic E-state index is 11.7. The fourth-order valence-corrected chi connectivity index (χ4v) is 2.60. The molecule has 2 aromatic carbocycles. The molecule has 0 amide bonds. The molecule has 3 rings (SSSR count). The van der Waals surface area contributed by atoms with Crippen molar-refractivity contribution in [1.82, 2.24) is 4.98 Å². The number of benzene rings is 2. The first-order chi connectivity index (χ1) is 10.1. The van der Waals surface area contributed by atoms with Crippen molar-refractivity contribution in [2.45, 2.75) is 0 Å². The van der Waals surface area contributed by atoms with E-state index >= 15 is 0 Å². The van der Waals surface area contributed by atoms with E-state index in [9.17, 15) is 4.79 Å². The van der Waals surface area contributed by atoms with E-state index in [0.29, 0.717) is 26.8 Å². The van der Waals surface area contributed by atoms with Crippen LogP contribution in [0.1, 0.15) is 10.4 Å². The molecule has 3 aromatic rings. The molecule has 0 saturated carbocycles. The molecular weight excluding hydrogens is 329 g/mol. The maximum Gasteiger partial charge on any atom is 0.253 e. The summed E-state index contributed by atoms with van der Waals surface area (Å²) in [5.41, 5.74) is 2.51. The Morgan fingerprint density at radius 2 is 1.71 bits per heavy atom. The molecule has 5 heteroatoms. The van der Waals surface area contributed by atoms with Crippen molar-refractivity contribution in [3.05, 3.63) is 64.1 Å². The molecule has 1 heterocycles. The van der Waals surface area contributed by atoms with Crippen molar-refractivity contribution in [3.63, 3.8) is 0 Å². The van der Waals surface area contributed by atoms with Crippen LogP contribution in [0, 0.1) is 0 Å². The lowest BCUT2D eigenvalue weighted by Crippen LogP contribution is -1.95. The van der Waals surface area contributed by atoms with Gasteiger partial charge < -0.3 is 0 Å². The first kappa shape index (κ1) is 14.3. The minimum Gasteiger partial charge on any atom is -0.276 e. The van der Waals surface area contributed by atoms with Crippen LogP contribution in [-0.2, 0) is 0 Å². The average molecular weight is 337 g/mol. The monoisotopic (exact) mass is 335 g/mol. The van der Waals surface area contributed by atoms with E-state index in [0.717, 1.165) is 10.9 Å². The third-order valence-electron chi connectivity index (χ3n) is 3.14. The quantitative estimate of drug-likeness (QED) is 0.571. The molecule has 0 aliphatic carbocycles. The first-order valence-electron chi connectivity index (χ1n) is 6.11. The molecule has 2 nitrogen and oxygen atoms in total. The normalized spacial score (nSPS) is 10.8. The Balaban J connectivity index is 2.28. The second kappa shape index (κ2) is 5.64. The second-order valence-electron chi connectivity index (χ2n) is 4.47. The number of pyridine rings is 1. The summed E-state index contributed by atoms with van der Waals surface area (Å²) >= 11 is 17.6. The molecule has 0 N–H and O–H groups in total. The molecule has 21 heavy (non-hydrogen) atoms. The molecule has 0 saturated heterocycles. The molecular formula is C16H8Cl3NO. The van der Waals surface area contributed by atoms with Crippen molar-refractivity contribution >= 4 is 50.9 Å². The molecule has 104 valence electrons. The number of halogens is 3. The SMILES string of the molecule is O=C(Cl)c1cc(-c2ccc(Cl)c(Cl)c2)nc2ccccc12. The third-order valence-corrected chi connectivity index (χ3v) is 4.09. The Labute approximate surface area is 136 Å². The van der Waals surface area contributed by atoms with Gasteiger partial charge in [-0.3, -0.25) is 4.79 Å². The lowest BCUT2D eigenvalue weighted by Gasteiger charge is -2.08. The number of carbonyl (C=O) groups excluding carboxylic acids is 1. The summed E-state index contributed by atoms with van der Waals surface area (Å²) in [6.45, 7) is 0. The van der Waals surface area contributed by atoms with Gasteiger partial charge in [-0.15, -0.1) is 0 Å². The summed E-state index contributed by atoms with van der Waals surface area (Å²) < 4.78 is 0. The highest BCUT2D eigenvalue weighted by molar-refractivity contribution is 6.68. The number of fused-ring (bicyclic) bond motifs is 1.